The fourth-order valence-corrected chi connectivity index (χ4v) is 5.42. The van der Waals surface area contributed by atoms with Gasteiger partial charge in [-0.05, 0) is 63.6 Å². The van der Waals surface area contributed by atoms with Gasteiger partial charge in [0.1, 0.15) is 5.60 Å². The molecule has 9 nitrogen and oxygen atoms in total. The number of ether oxygens (including phenoxy) is 1. The molecule has 2 aliphatic rings. The zero-order valence-corrected chi connectivity index (χ0v) is 20.0. The monoisotopic (exact) mass is 462 g/mol. The molecule has 1 aliphatic heterocycles. The lowest BCUT2D eigenvalue weighted by Gasteiger charge is -2.36. The predicted molar refractivity (Wildman–Crippen MR) is 124 cm³/mol. The highest BCUT2D eigenvalue weighted by Gasteiger charge is 2.49. The second-order valence-electron chi connectivity index (χ2n) is 10.3. The molecule has 3 heterocycles. The zero-order chi connectivity index (χ0) is 23.9. The SMILES string of the molecule is CCc1noc(C(C)(C)CN2C[C@@]3(CCC[C@H](Cn4cnc5ccc(C#N)cc54)C3)OC2=O)n1. The standard InChI is InChI=1S/C25H30N6O3/c1-4-21-28-22(34-29-21)24(2,3)14-31-15-25(33-23(31)32)9-5-6-18(11-25)13-30-16-27-19-8-7-17(12-26)10-20(19)30/h7-8,10,16,18H,4-6,9,11,13-15H2,1-3H3/t18-,25-/m0/s1. The van der Waals surface area contributed by atoms with Crippen molar-refractivity contribution in [3.8, 4) is 6.07 Å². The molecule has 178 valence electrons. The molecular formula is C25H30N6O3. The van der Waals surface area contributed by atoms with Crippen molar-refractivity contribution in [3.05, 3.63) is 41.8 Å². The molecule has 1 amide bonds. The lowest BCUT2D eigenvalue weighted by atomic mass is 9.77. The Kier molecular flexibility index (Phi) is 5.54. The smallest absolute Gasteiger partial charge is 0.410 e. The maximum atomic E-state index is 12.9. The van der Waals surface area contributed by atoms with E-state index in [-0.39, 0.29) is 6.09 Å². The molecule has 34 heavy (non-hydrogen) atoms. The zero-order valence-electron chi connectivity index (χ0n) is 20.0. The molecular weight excluding hydrogens is 432 g/mol. The van der Waals surface area contributed by atoms with Gasteiger partial charge in [-0.1, -0.05) is 12.1 Å². The first kappa shape index (κ1) is 22.4. The van der Waals surface area contributed by atoms with Gasteiger partial charge in [-0.15, -0.1) is 0 Å². The maximum Gasteiger partial charge on any atom is 0.410 e. The topological polar surface area (TPSA) is 110 Å². The molecule has 2 fully saturated rings. The molecule has 3 aromatic rings. The van der Waals surface area contributed by atoms with E-state index in [1.54, 1.807) is 11.0 Å². The van der Waals surface area contributed by atoms with Crippen molar-refractivity contribution in [2.75, 3.05) is 13.1 Å². The van der Waals surface area contributed by atoms with Crippen molar-refractivity contribution >= 4 is 17.1 Å². The van der Waals surface area contributed by atoms with E-state index in [4.69, 9.17) is 9.26 Å². The average Bonchev–Trinajstić information content (AvgIpc) is 3.52. The van der Waals surface area contributed by atoms with Crippen LogP contribution in [0.5, 0.6) is 0 Å². The molecule has 0 radical (unpaired) electrons. The summed E-state index contributed by atoms with van der Waals surface area (Å²) in [5.41, 5.74) is 1.56. The largest absolute Gasteiger partial charge is 0.441 e. The fraction of sp³-hybridized carbons (Fsp3) is 0.560. The van der Waals surface area contributed by atoms with Crippen LogP contribution in [-0.4, -0.2) is 49.4 Å². The third-order valence-corrected chi connectivity index (χ3v) is 7.10. The Morgan fingerprint density at radius 1 is 1.35 bits per heavy atom. The highest BCUT2D eigenvalue weighted by atomic mass is 16.6. The van der Waals surface area contributed by atoms with E-state index < -0.39 is 11.0 Å². The number of aryl methyl sites for hydroxylation is 1. The van der Waals surface area contributed by atoms with E-state index >= 15 is 0 Å². The highest BCUT2D eigenvalue weighted by molar-refractivity contribution is 5.77. The molecule has 0 unspecified atom stereocenters. The molecule has 1 saturated heterocycles. The minimum absolute atomic E-state index is 0.268. The normalized spacial score (nSPS) is 22.9. The molecule has 1 saturated carbocycles. The van der Waals surface area contributed by atoms with Gasteiger partial charge in [0.25, 0.3) is 0 Å². The summed E-state index contributed by atoms with van der Waals surface area (Å²) in [4.78, 5) is 23.6. The number of nitrogens with zero attached hydrogens (tertiary/aromatic N) is 6. The van der Waals surface area contributed by atoms with Gasteiger partial charge >= 0.3 is 6.09 Å². The Labute approximate surface area is 198 Å². The lowest BCUT2D eigenvalue weighted by molar-refractivity contribution is 0.00413. The Bertz CT molecular complexity index is 1260. The third-order valence-electron chi connectivity index (χ3n) is 7.10. The fourth-order valence-electron chi connectivity index (χ4n) is 5.42. The maximum absolute atomic E-state index is 12.9. The number of imidazole rings is 1. The van der Waals surface area contributed by atoms with E-state index in [1.807, 2.05) is 39.2 Å². The number of carbonyl (C=O) groups is 1. The Balaban J connectivity index is 1.28. The van der Waals surface area contributed by atoms with Crippen LogP contribution in [0.1, 0.15) is 63.7 Å². The van der Waals surface area contributed by atoms with Gasteiger partial charge in [-0.2, -0.15) is 10.2 Å². The summed E-state index contributed by atoms with van der Waals surface area (Å²) >= 11 is 0. The van der Waals surface area contributed by atoms with Gasteiger partial charge < -0.3 is 18.7 Å². The average molecular weight is 463 g/mol. The second kappa shape index (κ2) is 8.42. The minimum atomic E-state index is -0.465. The van der Waals surface area contributed by atoms with E-state index in [2.05, 4.69) is 25.8 Å². The molecule has 1 aromatic carbocycles. The number of hydrogen-bond donors (Lipinski definition) is 0. The second-order valence-corrected chi connectivity index (χ2v) is 10.3. The number of benzene rings is 1. The number of amides is 1. The highest BCUT2D eigenvalue weighted by Crippen LogP contribution is 2.41. The molecule has 0 N–H and O–H groups in total. The Hall–Kier alpha value is -3.41. The van der Waals surface area contributed by atoms with Crippen LogP contribution >= 0.6 is 0 Å². The van der Waals surface area contributed by atoms with E-state index in [0.717, 1.165) is 43.3 Å². The van der Waals surface area contributed by atoms with Crippen LogP contribution in [-0.2, 0) is 23.1 Å². The van der Waals surface area contributed by atoms with E-state index in [1.165, 1.54) is 0 Å². The van der Waals surface area contributed by atoms with Gasteiger partial charge in [0.15, 0.2) is 5.82 Å². The van der Waals surface area contributed by atoms with Crippen molar-refractivity contribution in [2.45, 2.75) is 70.4 Å². The quantitative estimate of drug-likeness (QED) is 0.539. The number of aromatic nitrogens is 4. The Morgan fingerprint density at radius 3 is 2.97 bits per heavy atom. The first-order valence-corrected chi connectivity index (χ1v) is 12.0. The lowest BCUT2D eigenvalue weighted by Crippen LogP contribution is -2.43. The van der Waals surface area contributed by atoms with Crippen molar-refractivity contribution < 1.29 is 14.1 Å². The molecule has 1 spiro atoms. The van der Waals surface area contributed by atoms with Crippen LogP contribution in [0.15, 0.2) is 29.0 Å². The van der Waals surface area contributed by atoms with Crippen LogP contribution in [0.2, 0.25) is 0 Å². The van der Waals surface area contributed by atoms with Crippen LogP contribution in [0.3, 0.4) is 0 Å². The van der Waals surface area contributed by atoms with Gasteiger partial charge in [0.05, 0.1) is 41.0 Å². The van der Waals surface area contributed by atoms with Crippen molar-refractivity contribution in [1.29, 1.82) is 5.26 Å². The van der Waals surface area contributed by atoms with Crippen LogP contribution in [0.4, 0.5) is 4.79 Å². The summed E-state index contributed by atoms with van der Waals surface area (Å²) in [6.07, 6.45) is 6.05. The Morgan fingerprint density at radius 2 is 2.21 bits per heavy atom. The first-order chi connectivity index (χ1) is 16.3. The van der Waals surface area contributed by atoms with Gasteiger partial charge in [0, 0.05) is 19.5 Å². The van der Waals surface area contributed by atoms with E-state index in [0.29, 0.717) is 42.7 Å². The third kappa shape index (κ3) is 4.13. The summed E-state index contributed by atoms with van der Waals surface area (Å²) in [5, 5.41) is 13.3. The van der Waals surface area contributed by atoms with Gasteiger partial charge in [0.2, 0.25) is 5.89 Å². The number of fused-ring (bicyclic) bond motifs is 1. The van der Waals surface area contributed by atoms with E-state index in [9.17, 15) is 10.1 Å². The summed E-state index contributed by atoms with van der Waals surface area (Å²) in [5.74, 6) is 1.58. The van der Waals surface area contributed by atoms with Crippen LogP contribution in [0, 0.1) is 17.2 Å². The van der Waals surface area contributed by atoms with Crippen molar-refractivity contribution in [3.63, 3.8) is 0 Å². The molecule has 0 bridgehead atoms. The first-order valence-electron chi connectivity index (χ1n) is 12.0. The number of nitriles is 1. The molecule has 9 heteroatoms. The number of rotatable bonds is 6. The van der Waals surface area contributed by atoms with Crippen molar-refractivity contribution in [1.82, 2.24) is 24.6 Å². The molecule has 5 rings (SSSR count). The minimum Gasteiger partial charge on any atom is -0.441 e. The predicted octanol–water partition coefficient (Wildman–Crippen LogP) is 4.21. The molecule has 2 atom stereocenters. The van der Waals surface area contributed by atoms with Crippen LogP contribution < -0.4 is 0 Å². The summed E-state index contributed by atoms with van der Waals surface area (Å²) in [7, 11) is 0. The van der Waals surface area contributed by atoms with Gasteiger partial charge in [-0.3, -0.25) is 0 Å². The number of hydrogen-bond acceptors (Lipinski definition) is 7. The summed E-state index contributed by atoms with van der Waals surface area (Å²) in [6.45, 7) is 7.84. The van der Waals surface area contributed by atoms with Gasteiger partial charge in [-0.25, -0.2) is 9.78 Å². The molecule has 2 aromatic heterocycles. The summed E-state index contributed by atoms with van der Waals surface area (Å²) < 4.78 is 13.6. The summed E-state index contributed by atoms with van der Waals surface area (Å²) in [6, 6.07) is 7.77. The molecule has 1 aliphatic carbocycles. The van der Waals surface area contributed by atoms with Crippen LogP contribution in [0.25, 0.3) is 11.0 Å². The number of carbonyl (C=O) groups excluding carboxylic acids is 1. The van der Waals surface area contributed by atoms with Crippen molar-refractivity contribution in [2.24, 2.45) is 5.92 Å².